The van der Waals surface area contributed by atoms with Crippen LogP contribution in [0.3, 0.4) is 0 Å². The van der Waals surface area contributed by atoms with Gasteiger partial charge in [0.1, 0.15) is 14.4 Å². The van der Waals surface area contributed by atoms with Crippen molar-refractivity contribution in [2.45, 2.75) is 44.5 Å². The van der Waals surface area contributed by atoms with Crippen LogP contribution in [0.15, 0.2) is 30.3 Å². The highest BCUT2D eigenvalue weighted by Gasteiger charge is 2.46. The maximum absolute atomic E-state index is 6.37. The van der Waals surface area contributed by atoms with Gasteiger partial charge in [-0.2, -0.15) is 0 Å². The van der Waals surface area contributed by atoms with E-state index in [1.165, 1.54) is 24.9 Å². The Labute approximate surface area is 105 Å². The maximum atomic E-state index is 6.37. The van der Waals surface area contributed by atoms with Crippen molar-refractivity contribution >= 4 is 8.30 Å². The Morgan fingerprint density at radius 1 is 1.29 bits per heavy atom. The Morgan fingerprint density at radius 3 is 2.76 bits per heavy atom. The van der Waals surface area contributed by atoms with E-state index in [0.717, 1.165) is 0 Å². The van der Waals surface area contributed by atoms with Crippen LogP contribution < -0.4 is 0 Å². The molecule has 1 aromatic rings. The van der Waals surface area contributed by atoms with Crippen molar-refractivity contribution < 1.29 is 4.52 Å². The summed E-state index contributed by atoms with van der Waals surface area (Å²) in [6.07, 6.45) is 2.95. The average Bonchev–Trinajstić information content (AvgIpc) is 2.90. The quantitative estimate of drug-likeness (QED) is 0.736. The fourth-order valence-corrected chi connectivity index (χ4v) is 5.24. The molecule has 3 heteroatoms. The fourth-order valence-electron chi connectivity index (χ4n) is 2.92. The summed E-state index contributed by atoms with van der Waals surface area (Å²) in [5.41, 5.74) is 1.99. The highest BCUT2D eigenvalue weighted by atomic mass is 31.2. The molecule has 1 aromatic carbocycles. The van der Waals surface area contributed by atoms with E-state index >= 15 is 0 Å². The van der Waals surface area contributed by atoms with Gasteiger partial charge in [0.15, 0.2) is 0 Å². The first-order valence-electron chi connectivity index (χ1n) is 6.55. The number of hydrogen-bond donors (Lipinski definition) is 0. The van der Waals surface area contributed by atoms with E-state index in [1.54, 1.807) is 0 Å². The van der Waals surface area contributed by atoms with Crippen LogP contribution in [0.1, 0.15) is 38.4 Å². The van der Waals surface area contributed by atoms with Crippen LogP contribution in [0, 0.1) is 0 Å². The lowest BCUT2D eigenvalue weighted by atomic mass is 10.0. The molecule has 2 aliphatic rings. The molecule has 2 aliphatic heterocycles. The number of nitrogens with zero attached hydrogens (tertiary/aromatic N) is 1. The number of rotatable bonds is 2. The predicted molar refractivity (Wildman–Crippen MR) is 72.1 cm³/mol. The zero-order chi connectivity index (χ0) is 11.8. The molecular weight excluding hydrogens is 229 g/mol. The van der Waals surface area contributed by atoms with E-state index in [0.29, 0.717) is 17.8 Å². The summed E-state index contributed by atoms with van der Waals surface area (Å²) in [5, 5.41) is 0. The van der Waals surface area contributed by atoms with Gasteiger partial charge in [-0.25, -0.2) is 0 Å². The summed E-state index contributed by atoms with van der Waals surface area (Å²) in [6, 6.07) is 11.4. The van der Waals surface area contributed by atoms with E-state index in [1.807, 2.05) is 0 Å². The Kier molecular flexibility index (Phi) is 3.21. The summed E-state index contributed by atoms with van der Waals surface area (Å²) in [4.78, 5) is 0. The minimum atomic E-state index is -0.374. The second-order valence-corrected chi connectivity index (χ2v) is 7.57. The summed E-state index contributed by atoms with van der Waals surface area (Å²) in [7, 11) is -0.374. The standard InChI is InChI=1S/C14H20NOP/c1-11(2)17-15-10-6-9-13(15)14(16-17)12-7-4-3-5-8-12/h3-5,7-8,11,13-14H,6,9-10H2,1-2H3/t13-,14+,17?/m0/s1. The number of fused-ring (bicyclic) bond motifs is 1. The van der Waals surface area contributed by atoms with E-state index in [9.17, 15) is 0 Å². The van der Waals surface area contributed by atoms with Crippen LogP contribution >= 0.6 is 8.30 Å². The predicted octanol–water partition coefficient (Wildman–Crippen LogP) is 3.94. The summed E-state index contributed by atoms with van der Waals surface area (Å²) >= 11 is 0. The van der Waals surface area contributed by atoms with Crippen LogP contribution in [0.4, 0.5) is 0 Å². The van der Waals surface area contributed by atoms with E-state index in [2.05, 4.69) is 48.8 Å². The van der Waals surface area contributed by atoms with Gasteiger partial charge in [-0.3, -0.25) is 4.67 Å². The normalized spacial score (nSPS) is 33.2. The average molecular weight is 249 g/mol. The van der Waals surface area contributed by atoms with Gasteiger partial charge in [0.2, 0.25) is 0 Å². The topological polar surface area (TPSA) is 12.5 Å². The molecule has 1 unspecified atom stereocenters. The minimum absolute atomic E-state index is 0.312. The minimum Gasteiger partial charge on any atom is -0.334 e. The molecule has 2 heterocycles. The highest BCUT2D eigenvalue weighted by molar-refractivity contribution is 7.51. The monoisotopic (exact) mass is 249 g/mol. The molecule has 3 rings (SSSR count). The van der Waals surface area contributed by atoms with Crippen molar-refractivity contribution in [1.29, 1.82) is 0 Å². The van der Waals surface area contributed by atoms with Gasteiger partial charge in [0, 0.05) is 18.2 Å². The van der Waals surface area contributed by atoms with Gasteiger partial charge >= 0.3 is 0 Å². The van der Waals surface area contributed by atoms with Crippen LogP contribution in [0.25, 0.3) is 0 Å². The van der Waals surface area contributed by atoms with Crippen LogP contribution in [-0.2, 0) is 4.52 Å². The molecule has 0 amide bonds. The fraction of sp³-hybridized carbons (Fsp3) is 0.571. The Morgan fingerprint density at radius 2 is 2.06 bits per heavy atom. The molecule has 17 heavy (non-hydrogen) atoms. The molecule has 3 atom stereocenters. The third-order valence-corrected chi connectivity index (χ3v) is 5.99. The summed E-state index contributed by atoms with van der Waals surface area (Å²) in [6.45, 7) is 5.81. The molecule has 2 nitrogen and oxygen atoms in total. The van der Waals surface area contributed by atoms with Crippen molar-refractivity contribution in [1.82, 2.24) is 4.67 Å². The zero-order valence-electron chi connectivity index (χ0n) is 10.5. The van der Waals surface area contributed by atoms with Gasteiger partial charge in [-0.05, 0) is 18.4 Å². The SMILES string of the molecule is CC(C)P1O[C@H](c2ccccc2)[C@@H]2CCCN21. The molecule has 92 valence electrons. The third-order valence-electron chi connectivity index (χ3n) is 3.66. The smallest absolute Gasteiger partial charge is 0.108 e. The molecule has 0 spiro atoms. The van der Waals surface area contributed by atoms with Gasteiger partial charge < -0.3 is 4.52 Å². The van der Waals surface area contributed by atoms with Crippen molar-refractivity contribution in [3.8, 4) is 0 Å². The lowest BCUT2D eigenvalue weighted by Crippen LogP contribution is -2.23. The van der Waals surface area contributed by atoms with Gasteiger partial charge in [0.25, 0.3) is 0 Å². The number of benzene rings is 1. The van der Waals surface area contributed by atoms with Crippen molar-refractivity contribution in [3.63, 3.8) is 0 Å². The first-order chi connectivity index (χ1) is 8.27. The van der Waals surface area contributed by atoms with Gasteiger partial charge in [0.05, 0.1) is 0 Å². The van der Waals surface area contributed by atoms with Crippen LogP contribution in [0.5, 0.6) is 0 Å². The number of hydrogen-bond acceptors (Lipinski definition) is 2. The first-order valence-corrected chi connectivity index (χ1v) is 7.83. The molecule has 0 aromatic heterocycles. The molecule has 0 saturated carbocycles. The molecule has 0 radical (unpaired) electrons. The summed E-state index contributed by atoms with van der Waals surface area (Å²) in [5.74, 6) is 0. The molecule has 0 aliphatic carbocycles. The zero-order valence-corrected chi connectivity index (χ0v) is 11.4. The second-order valence-electron chi connectivity index (χ2n) is 5.21. The lowest BCUT2D eigenvalue weighted by Gasteiger charge is -2.23. The van der Waals surface area contributed by atoms with Gasteiger partial charge in [-0.1, -0.05) is 44.2 Å². The molecule has 0 N–H and O–H groups in total. The molecule has 2 fully saturated rings. The second kappa shape index (κ2) is 4.68. The Balaban J connectivity index is 1.87. The van der Waals surface area contributed by atoms with E-state index in [-0.39, 0.29) is 8.30 Å². The highest BCUT2D eigenvalue weighted by Crippen LogP contribution is 2.61. The van der Waals surface area contributed by atoms with Crippen molar-refractivity contribution in [3.05, 3.63) is 35.9 Å². The van der Waals surface area contributed by atoms with Crippen molar-refractivity contribution in [2.75, 3.05) is 6.54 Å². The Bertz CT molecular complexity index is 381. The maximum Gasteiger partial charge on any atom is 0.108 e. The van der Waals surface area contributed by atoms with Crippen LogP contribution in [-0.4, -0.2) is 22.9 Å². The largest absolute Gasteiger partial charge is 0.334 e. The molecular formula is C14H20NOP. The molecule has 2 saturated heterocycles. The lowest BCUT2D eigenvalue weighted by molar-refractivity contribution is 0.213. The third kappa shape index (κ3) is 2.03. The van der Waals surface area contributed by atoms with Crippen LogP contribution in [0.2, 0.25) is 0 Å². The van der Waals surface area contributed by atoms with E-state index < -0.39 is 0 Å². The van der Waals surface area contributed by atoms with E-state index in [4.69, 9.17) is 4.52 Å². The summed E-state index contributed by atoms with van der Waals surface area (Å²) < 4.78 is 9.00. The molecule has 0 bridgehead atoms. The first kappa shape index (κ1) is 11.6. The van der Waals surface area contributed by atoms with Gasteiger partial charge in [-0.15, -0.1) is 0 Å². The van der Waals surface area contributed by atoms with Crippen molar-refractivity contribution in [2.24, 2.45) is 0 Å². The Hall–Kier alpha value is -0.430.